The minimum absolute atomic E-state index is 0.0463. The Bertz CT molecular complexity index is 381. The average molecular weight is 236 g/mol. The summed E-state index contributed by atoms with van der Waals surface area (Å²) in [7, 11) is 0. The topological polar surface area (TPSA) is 89.1 Å². The van der Waals surface area contributed by atoms with E-state index < -0.39 is 12.0 Å². The van der Waals surface area contributed by atoms with Gasteiger partial charge >= 0.3 is 0 Å². The smallest absolute Gasteiger partial charge is 0.270 e. The number of hydrogen-bond acceptors (Lipinski definition) is 4. The van der Waals surface area contributed by atoms with Crippen LogP contribution in [0.15, 0.2) is 0 Å². The van der Waals surface area contributed by atoms with Crippen LogP contribution in [0.3, 0.4) is 0 Å². The second kappa shape index (κ2) is 4.08. The zero-order chi connectivity index (χ0) is 10.9. The number of aliphatic hydroxyl groups excluding tert-OH is 1. The van der Waals surface area contributed by atoms with E-state index in [1.165, 1.54) is 6.92 Å². The molecule has 1 amide bonds. The van der Waals surface area contributed by atoms with Crippen LogP contribution in [0.5, 0.6) is 0 Å². The first-order valence-corrected chi connectivity index (χ1v) is 4.40. The van der Waals surface area contributed by atoms with Crippen molar-refractivity contribution in [1.82, 2.24) is 9.97 Å². The van der Waals surface area contributed by atoms with Crippen molar-refractivity contribution in [2.24, 2.45) is 5.73 Å². The molecule has 1 aromatic heterocycles. The van der Waals surface area contributed by atoms with E-state index >= 15 is 0 Å². The molecule has 0 aliphatic carbocycles. The van der Waals surface area contributed by atoms with Gasteiger partial charge in [-0.3, -0.25) is 4.79 Å². The summed E-state index contributed by atoms with van der Waals surface area (Å²) in [6.07, 6.45) is -0.939. The highest BCUT2D eigenvalue weighted by Gasteiger charge is 2.17. The summed E-state index contributed by atoms with van der Waals surface area (Å²) in [5.74, 6) is -0.818. The lowest BCUT2D eigenvalue weighted by Gasteiger charge is -2.07. The van der Waals surface area contributed by atoms with Crippen LogP contribution in [0.4, 0.5) is 0 Å². The summed E-state index contributed by atoms with van der Waals surface area (Å²) < 4.78 is 0. The zero-order valence-corrected chi connectivity index (χ0v) is 8.67. The van der Waals surface area contributed by atoms with Gasteiger partial charge in [0.25, 0.3) is 5.91 Å². The molecule has 0 radical (unpaired) electrons. The summed E-state index contributed by atoms with van der Waals surface area (Å²) in [4.78, 5) is 18.2. The van der Waals surface area contributed by atoms with Crippen molar-refractivity contribution in [3.8, 4) is 0 Å². The molecule has 0 bridgehead atoms. The molecule has 1 atom stereocenters. The van der Waals surface area contributed by atoms with Gasteiger partial charge in [0.05, 0.1) is 6.10 Å². The number of aliphatic hydroxyl groups is 1. The van der Waals surface area contributed by atoms with Gasteiger partial charge in [-0.15, -0.1) is 0 Å². The average Bonchev–Trinajstić information content (AvgIpc) is 2.02. The van der Waals surface area contributed by atoms with Crippen molar-refractivity contribution in [3.63, 3.8) is 0 Å². The number of nitrogens with zero attached hydrogens (tertiary/aromatic N) is 2. The van der Waals surface area contributed by atoms with Crippen LogP contribution < -0.4 is 5.73 Å². The Balaban J connectivity index is 3.34. The molecule has 1 rings (SSSR count). The maximum absolute atomic E-state index is 10.8. The van der Waals surface area contributed by atoms with Crippen LogP contribution in [-0.4, -0.2) is 21.0 Å². The number of aromatic nitrogens is 2. The molecule has 0 aliphatic rings. The van der Waals surface area contributed by atoms with Crippen LogP contribution in [-0.2, 0) is 0 Å². The van der Waals surface area contributed by atoms with Crippen LogP contribution in [0.1, 0.15) is 29.2 Å². The Kier molecular flexibility index (Phi) is 3.25. The van der Waals surface area contributed by atoms with Gasteiger partial charge in [0.2, 0.25) is 0 Å². The van der Waals surface area contributed by atoms with E-state index in [0.29, 0.717) is 0 Å². The fourth-order valence-corrected chi connectivity index (χ4v) is 1.38. The molecule has 0 saturated carbocycles. The Morgan fingerprint density at radius 3 is 2.43 bits per heavy atom. The molecule has 0 aromatic carbocycles. The lowest BCUT2D eigenvalue weighted by molar-refractivity contribution is 0.0994. The molecule has 3 N–H and O–H groups in total. The molecule has 0 aliphatic heterocycles. The van der Waals surface area contributed by atoms with Crippen molar-refractivity contribution < 1.29 is 9.90 Å². The zero-order valence-electron chi connectivity index (χ0n) is 7.16. The fraction of sp³-hybridized carbons (Fsp3) is 0.286. The van der Waals surface area contributed by atoms with E-state index in [2.05, 4.69) is 9.97 Å². The van der Waals surface area contributed by atoms with Crippen LogP contribution in [0.2, 0.25) is 10.3 Å². The molecular weight excluding hydrogens is 229 g/mol. The standard InChI is InChI=1S/C7H7Cl2N3O2/c1-2(13)3-5(8)12-6(9)4(11-3)7(10)14/h2,13H,1H3,(H2,10,14). The van der Waals surface area contributed by atoms with Crippen molar-refractivity contribution in [3.05, 3.63) is 21.7 Å². The molecule has 1 unspecified atom stereocenters. The Hall–Kier alpha value is -0.910. The van der Waals surface area contributed by atoms with Gasteiger partial charge in [-0.2, -0.15) is 0 Å². The van der Waals surface area contributed by atoms with E-state index in [0.717, 1.165) is 0 Å². The van der Waals surface area contributed by atoms with E-state index in [-0.39, 0.29) is 21.7 Å². The first kappa shape index (κ1) is 11.2. The predicted octanol–water partition coefficient (Wildman–Crippen LogP) is 0.936. The SMILES string of the molecule is CC(O)c1nc(C(N)=O)c(Cl)nc1Cl. The normalized spacial score (nSPS) is 12.6. The molecule has 1 heterocycles. The van der Waals surface area contributed by atoms with Crippen molar-refractivity contribution >= 4 is 29.1 Å². The Morgan fingerprint density at radius 1 is 1.43 bits per heavy atom. The molecule has 0 saturated heterocycles. The molecule has 14 heavy (non-hydrogen) atoms. The van der Waals surface area contributed by atoms with E-state index in [1.54, 1.807) is 0 Å². The maximum Gasteiger partial charge on any atom is 0.270 e. The monoisotopic (exact) mass is 235 g/mol. The summed E-state index contributed by atoms with van der Waals surface area (Å²) in [6, 6.07) is 0. The van der Waals surface area contributed by atoms with E-state index in [4.69, 9.17) is 28.9 Å². The summed E-state index contributed by atoms with van der Waals surface area (Å²) in [6.45, 7) is 1.44. The number of carbonyl (C=O) groups is 1. The van der Waals surface area contributed by atoms with Crippen LogP contribution in [0.25, 0.3) is 0 Å². The minimum atomic E-state index is -0.939. The van der Waals surface area contributed by atoms with Crippen LogP contribution in [0, 0.1) is 0 Å². The molecular formula is C7H7Cl2N3O2. The van der Waals surface area contributed by atoms with Gasteiger partial charge < -0.3 is 10.8 Å². The van der Waals surface area contributed by atoms with E-state index in [9.17, 15) is 9.90 Å². The second-order valence-corrected chi connectivity index (χ2v) is 3.30. The molecule has 7 heteroatoms. The number of rotatable bonds is 2. The molecule has 0 fully saturated rings. The molecule has 5 nitrogen and oxygen atoms in total. The Labute approximate surface area is 89.9 Å². The number of carbonyl (C=O) groups excluding carboxylic acids is 1. The summed E-state index contributed by atoms with van der Waals surface area (Å²) in [5, 5.41) is 9.00. The molecule has 0 spiro atoms. The van der Waals surface area contributed by atoms with Crippen molar-refractivity contribution in [2.45, 2.75) is 13.0 Å². The largest absolute Gasteiger partial charge is 0.387 e. The predicted molar refractivity (Wildman–Crippen MR) is 51.2 cm³/mol. The van der Waals surface area contributed by atoms with Gasteiger partial charge in [-0.05, 0) is 6.92 Å². The lowest BCUT2D eigenvalue weighted by Crippen LogP contribution is -2.16. The van der Waals surface area contributed by atoms with Crippen LogP contribution >= 0.6 is 23.2 Å². The number of halogens is 2. The van der Waals surface area contributed by atoms with Gasteiger partial charge in [-0.25, -0.2) is 9.97 Å². The summed E-state index contributed by atoms with van der Waals surface area (Å²) in [5.41, 5.74) is 4.86. The third-order valence-electron chi connectivity index (χ3n) is 1.46. The molecule has 1 aromatic rings. The molecule has 76 valence electrons. The van der Waals surface area contributed by atoms with Crippen molar-refractivity contribution in [2.75, 3.05) is 0 Å². The lowest BCUT2D eigenvalue weighted by atomic mass is 10.3. The van der Waals surface area contributed by atoms with Gasteiger partial charge in [-0.1, -0.05) is 23.2 Å². The number of nitrogens with two attached hydrogens (primary N) is 1. The highest BCUT2D eigenvalue weighted by molar-refractivity contribution is 6.34. The summed E-state index contributed by atoms with van der Waals surface area (Å²) >= 11 is 11.2. The van der Waals surface area contributed by atoms with Gasteiger partial charge in [0, 0.05) is 0 Å². The number of hydrogen-bond donors (Lipinski definition) is 2. The second-order valence-electron chi connectivity index (χ2n) is 2.58. The first-order valence-electron chi connectivity index (χ1n) is 3.64. The maximum atomic E-state index is 10.8. The third-order valence-corrected chi connectivity index (χ3v) is 2.01. The van der Waals surface area contributed by atoms with Gasteiger partial charge in [0.1, 0.15) is 5.69 Å². The quantitative estimate of drug-likeness (QED) is 0.799. The van der Waals surface area contributed by atoms with Crippen molar-refractivity contribution in [1.29, 1.82) is 0 Å². The Morgan fingerprint density at radius 2 is 2.00 bits per heavy atom. The minimum Gasteiger partial charge on any atom is -0.387 e. The number of primary amides is 1. The third kappa shape index (κ3) is 2.12. The number of amides is 1. The highest BCUT2D eigenvalue weighted by Crippen LogP contribution is 2.22. The highest BCUT2D eigenvalue weighted by atomic mass is 35.5. The fourth-order valence-electron chi connectivity index (χ4n) is 0.832. The first-order chi connectivity index (χ1) is 6.43. The van der Waals surface area contributed by atoms with E-state index in [1.807, 2.05) is 0 Å². The van der Waals surface area contributed by atoms with Gasteiger partial charge in [0.15, 0.2) is 16.0 Å².